The summed E-state index contributed by atoms with van der Waals surface area (Å²) in [6.07, 6.45) is 2.33. The first-order chi connectivity index (χ1) is 17.1. The van der Waals surface area contributed by atoms with Gasteiger partial charge in [0, 0.05) is 44.2 Å². The van der Waals surface area contributed by atoms with Gasteiger partial charge in [0.15, 0.2) is 5.82 Å². The van der Waals surface area contributed by atoms with Gasteiger partial charge in [0.25, 0.3) is 0 Å². The molecule has 0 aliphatic carbocycles. The van der Waals surface area contributed by atoms with Crippen LogP contribution >= 0.6 is 11.3 Å². The Morgan fingerprint density at radius 2 is 2.00 bits per heavy atom. The van der Waals surface area contributed by atoms with Crippen molar-refractivity contribution in [1.29, 1.82) is 0 Å². The number of aromatic nitrogens is 3. The number of anilines is 2. The molecular formula is C25H35N7O3S. The van der Waals surface area contributed by atoms with E-state index in [9.17, 15) is 9.59 Å². The Morgan fingerprint density at radius 3 is 2.64 bits per heavy atom. The molecule has 0 radical (unpaired) electrons. The van der Waals surface area contributed by atoms with Gasteiger partial charge < -0.3 is 25.2 Å². The number of imidazole rings is 1. The fraction of sp³-hybridized carbons (Fsp3) is 0.520. The SMILES string of the molecule is COc1ccc(-c2nc3sc(N(C)CC(=O)NCCCN4CCCC4=O)nn3c2NC(C)(C)C)cc1. The smallest absolute Gasteiger partial charge is 0.239 e. The van der Waals surface area contributed by atoms with Gasteiger partial charge >= 0.3 is 0 Å². The molecule has 0 saturated carbocycles. The zero-order valence-corrected chi connectivity index (χ0v) is 22.4. The van der Waals surface area contributed by atoms with Crippen LogP contribution in [0.15, 0.2) is 24.3 Å². The Labute approximate surface area is 215 Å². The predicted octanol–water partition coefficient (Wildman–Crippen LogP) is 3.24. The van der Waals surface area contributed by atoms with Crippen molar-refractivity contribution >= 4 is 39.1 Å². The summed E-state index contributed by atoms with van der Waals surface area (Å²) in [4.78, 5) is 33.5. The first kappa shape index (κ1) is 25.7. The van der Waals surface area contributed by atoms with Gasteiger partial charge in [-0.25, -0.2) is 4.98 Å². The summed E-state index contributed by atoms with van der Waals surface area (Å²) in [5.41, 5.74) is 1.58. The fourth-order valence-corrected chi connectivity index (χ4v) is 4.95. The number of carbonyl (C=O) groups is 2. The molecule has 1 aliphatic rings. The van der Waals surface area contributed by atoms with E-state index in [1.807, 2.05) is 45.6 Å². The third-order valence-electron chi connectivity index (χ3n) is 5.86. The highest BCUT2D eigenvalue weighted by Gasteiger charge is 2.24. The summed E-state index contributed by atoms with van der Waals surface area (Å²) in [6.45, 7) is 8.52. The van der Waals surface area contributed by atoms with Crippen molar-refractivity contribution in [2.24, 2.45) is 0 Å². The molecule has 2 N–H and O–H groups in total. The Bertz CT molecular complexity index is 1210. The number of fused-ring (bicyclic) bond motifs is 1. The lowest BCUT2D eigenvalue weighted by Crippen LogP contribution is -2.37. The largest absolute Gasteiger partial charge is 0.497 e. The van der Waals surface area contributed by atoms with E-state index in [0.717, 1.165) is 47.2 Å². The van der Waals surface area contributed by atoms with Gasteiger partial charge in [-0.3, -0.25) is 9.59 Å². The van der Waals surface area contributed by atoms with Crippen molar-refractivity contribution < 1.29 is 14.3 Å². The molecule has 36 heavy (non-hydrogen) atoms. The van der Waals surface area contributed by atoms with Crippen LogP contribution in [0.5, 0.6) is 5.75 Å². The van der Waals surface area contributed by atoms with Gasteiger partial charge in [0.05, 0.1) is 13.7 Å². The normalized spacial score (nSPS) is 13.9. The van der Waals surface area contributed by atoms with Crippen LogP contribution in [0.3, 0.4) is 0 Å². The van der Waals surface area contributed by atoms with Crippen LogP contribution in [0, 0.1) is 0 Å². The molecule has 1 fully saturated rings. The second-order valence-corrected chi connectivity index (χ2v) is 11.0. The number of hydrogen-bond acceptors (Lipinski definition) is 8. The molecule has 194 valence electrons. The van der Waals surface area contributed by atoms with Crippen LogP contribution < -0.4 is 20.3 Å². The minimum absolute atomic E-state index is 0.0787. The number of ether oxygens (including phenoxy) is 1. The maximum Gasteiger partial charge on any atom is 0.239 e. The summed E-state index contributed by atoms with van der Waals surface area (Å²) in [6, 6.07) is 7.79. The second-order valence-electron chi connectivity index (χ2n) is 10.0. The molecule has 3 aromatic rings. The number of benzene rings is 1. The Balaban J connectivity index is 1.43. The van der Waals surface area contributed by atoms with E-state index in [0.29, 0.717) is 24.6 Å². The maximum atomic E-state index is 12.5. The van der Waals surface area contributed by atoms with E-state index in [1.165, 1.54) is 11.3 Å². The van der Waals surface area contributed by atoms with Crippen LogP contribution in [-0.4, -0.2) is 77.2 Å². The Morgan fingerprint density at radius 1 is 1.25 bits per heavy atom. The summed E-state index contributed by atoms with van der Waals surface area (Å²) >= 11 is 1.43. The zero-order chi connectivity index (χ0) is 25.9. The van der Waals surface area contributed by atoms with E-state index in [-0.39, 0.29) is 23.9 Å². The Kier molecular flexibility index (Phi) is 7.67. The van der Waals surface area contributed by atoms with E-state index in [2.05, 4.69) is 31.4 Å². The number of likely N-dealkylation sites (tertiary alicyclic amines) is 1. The van der Waals surface area contributed by atoms with Gasteiger partial charge in [0.2, 0.25) is 21.9 Å². The quantitative estimate of drug-likeness (QED) is 0.401. The van der Waals surface area contributed by atoms with Crippen molar-refractivity contribution in [3.8, 4) is 17.0 Å². The molecule has 0 unspecified atom stereocenters. The topological polar surface area (TPSA) is 104 Å². The maximum absolute atomic E-state index is 12.5. The predicted molar refractivity (Wildman–Crippen MR) is 143 cm³/mol. The number of carbonyl (C=O) groups excluding carboxylic acids is 2. The molecule has 2 aromatic heterocycles. The van der Waals surface area contributed by atoms with Crippen molar-refractivity contribution in [1.82, 2.24) is 24.8 Å². The van der Waals surface area contributed by atoms with Gasteiger partial charge in [0.1, 0.15) is 11.4 Å². The van der Waals surface area contributed by atoms with Crippen molar-refractivity contribution in [2.45, 2.75) is 45.6 Å². The molecule has 1 aliphatic heterocycles. The molecular weight excluding hydrogens is 478 g/mol. The van der Waals surface area contributed by atoms with E-state index >= 15 is 0 Å². The van der Waals surface area contributed by atoms with Gasteiger partial charge in [-0.1, -0.05) is 11.3 Å². The molecule has 1 aromatic carbocycles. The number of amides is 2. The standard InChI is InChI=1S/C25H35N7O3S/c1-25(2,3)28-22-21(17-9-11-18(35-5)12-10-17)27-23-32(22)29-24(36-23)30(4)16-19(33)26-13-7-15-31-14-6-8-20(31)34/h9-12,28H,6-8,13-16H2,1-5H3,(H,26,33). The van der Waals surface area contributed by atoms with Crippen molar-refractivity contribution in [2.75, 3.05) is 50.6 Å². The molecule has 1 saturated heterocycles. The zero-order valence-electron chi connectivity index (χ0n) is 21.6. The highest BCUT2D eigenvalue weighted by Crippen LogP contribution is 2.35. The highest BCUT2D eigenvalue weighted by molar-refractivity contribution is 7.20. The van der Waals surface area contributed by atoms with E-state index in [1.54, 1.807) is 7.11 Å². The van der Waals surface area contributed by atoms with Crippen molar-refractivity contribution in [3.63, 3.8) is 0 Å². The Hall–Kier alpha value is -3.34. The number of hydrogen-bond donors (Lipinski definition) is 2. The average Bonchev–Trinajstić information content (AvgIpc) is 3.52. The first-order valence-electron chi connectivity index (χ1n) is 12.2. The number of rotatable bonds is 10. The third-order valence-corrected chi connectivity index (χ3v) is 6.88. The third kappa shape index (κ3) is 6.07. The molecule has 4 rings (SSSR count). The molecule has 2 amide bonds. The summed E-state index contributed by atoms with van der Waals surface area (Å²) in [5, 5.41) is 12.0. The first-order valence-corrected chi connectivity index (χ1v) is 13.0. The van der Waals surface area contributed by atoms with Gasteiger partial charge in [-0.2, -0.15) is 4.52 Å². The second kappa shape index (κ2) is 10.7. The van der Waals surface area contributed by atoms with E-state index in [4.69, 9.17) is 14.8 Å². The highest BCUT2D eigenvalue weighted by atomic mass is 32.1. The lowest BCUT2D eigenvalue weighted by molar-refractivity contribution is -0.127. The number of methoxy groups -OCH3 is 1. The summed E-state index contributed by atoms with van der Waals surface area (Å²) in [5.74, 6) is 1.73. The van der Waals surface area contributed by atoms with Gasteiger partial charge in [-0.05, 0) is 57.9 Å². The molecule has 11 heteroatoms. The van der Waals surface area contributed by atoms with Crippen LogP contribution in [0.2, 0.25) is 0 Å². The van der Waals surface area contributed by atoms with Crippen LogP contribution in [0.25, 0.3) is 16.2 Å². The monoisotopic (exact) mass is 513 g/mol. The summed E-state index contributed by atoms with van der Waals surface area (Å²) in [7, 11) is 3.50. The molecule has 0 bridgehead atoms. The minimum atomic E-state index is -0.202. The summed E-state index contributed by atoms with van der Waals surface area (Å²) < 4.78 is 7.10. The van der Waals surface area contributed by atoms with Crippen molar-refractivity contribution in [3.05, 3.63) is 24.3 Å². The fourth-order valence-electron chi connectivity index (χ4n) is 4.09. The van der Waals surface area contributed by atoms with Crippen LogP contribution in [0.4, 0.5) is 10.9 Å². The molecule has 0 spiro atoms. The van der Waals surface area contributed by atoms with Gasteiger partial charge in [-0.15, -0.1) is 5.10 Å². The molecule has 10 nitrogen and oxygen atoms in total. The number of nitrogens with one attached hydrogen (secondary N) is 2. The molecule has 0 atom stereocenters. The van der Waals surface area contributed by atoms with Crippen LogP contribution in [-0.2, 0) is 9.59 Å². The lowest BCUT2D eigenvalue weighted by atomic mass is 10.1. The molecule has 3 heterocycles. The average molecular weight is 514 g/mol. The van der Waals surface area contributed by atoms with Crippen LogP contribution in [0.1, 0.15) is 40.0 Å². The number of nitrogens with zero attached hydrogens (tertiary/aromatic N) is 5. The minimum Gasteiger partial charge on any atom is -0.497 e. The number of likely N-dealkylation sites (N-methyl/N-ethyl adjacent to an activating group) is 1. The van der Waals surface area contributed by atoms with E-state index < -0.39 is 0 Å². The lowest BCUT2D eigenvalue weighted by Gasteiger charge is -2.22.